The third-order valence-electron chi connectivity index (χ3n) is 3.05. The van der Waals surface area contributed by atoms with Gasteiger partial charge in [-0.25, -0.2) is 17.8 Å². The van der Waals surface area contributed by atoms with Crippen molar-refractivity contribution < 1.29 is 85.4 Å². The molecule has 0 aromatic carbocycles. The monoisotopic (exact) mass is 548 g/mol. The molecule has 0 spiro atoms. The largest absolute Gasteiger partial charge is 0.397 e. The van der Waals surface area contributed by atoms with Crippen molar-refractivity contribution in [1.29, 1.82) is 0 Å². The zero-order valence-corrected chi connectivity index (χ0v) is 17.7. The summed E-state index contributed by atoms with van der Waals surface area (Å²) in [5.74, 6) is 0. The van der Waals surface area contributed by atoms with Crippen molar-refractivity contribution in [3.8, 4) is 0 Å². The fraction of sp³-hybridized carbons (Fsp3) is 1.00. The molecule has 0 bridgehead atoms. The van der Waals surface area contributed by atoms with E-state index in [4.69, 9.17) is 32.5 Å². The van der Waals surface area contributed by atoms with E-state index in [1.165, 1.54) is 0 Å². The molecule has 0 heterocycles. The summed E-state index contributed by atoms with van der Waals surface area (Å²) in [6.45, 7) is 0. The van der Waals surface area contributed by atoms with Crippen LogP contribution in [0.2, 0.25) is 0 Å². The summed E-state index contributed by atoms with van der Waals surface area (Å²) >= 11 is 0. The Morgan fingerprint density at radius 2 is 1.10 bits per heavy atom. The van der Waals surface area contributed by atoms with E-state index in [0.717, 1.165) is 0 Å². The quantitative estimate of drug-likeness (QED) is 0.0639. The fourth-order valence-corrected chi connectivity index (χ4v) is 4.71. The Kier molecular flexibility index (Phi) is 10.0. The summed E-state index contributed by atoms with van der Waals surface area (Å²) in [6.07, 6.45) is -15.2. The first-order valence-electron chi connectivity index (χ1n) is 6.56. The maximum Gasteiger partial charge on any atom is 0.397 e. The van der Waals surface area contributed by atoms with Gasteiger partial charge in [-0.05, 0) is 0 Å². The zero-order valence-electron chi connectivity index (χ0n) is 13.6. The van der Waals surface area contributed by atoms with Crippen LogP contribution in [0.5, 0.6) is 0 Å². The van der Waals surface area contributed by atoms with Gasteiger partial charge in [0.1, 0.15) is 48.7 Å². The van der Waals surface area contributed by atoms with Crippen molar-refractivity contribution in [2.75, 3.05) is 0 Å². The number of rotatable bonds is 10. The minimum atomic E-state index is -5.58. The highest BCUT2D eigenvalue weighted by Crippen LogP contribution is 2.35. The van der Waals surface area contributed by atoms with E-state index in [0.29, 0.717) is 0 Å². The van der Waals surface area contributed by atoms with E-state index in [1.807, 2.05) is 0 Å². The molecule has 0 aliphatic heterocycles. The lowest BCUT2D eigenvalue weighted by molar-refractivity contribution is -0.520. The van der Waals surface area contributed by atoms with E-state index in [1.54, 1.807) is 0 Å². The molecule has 0 aromatic rings. The van der Waals surface area contributed by atoms with Crippen LogP contribution in [-0.2, 0) is 68.8 Å². The predicted molar refractivity (Wildman–Crippen MR) is 88.3 cm³/mol. The minimum Gasteiger partial charge on any atom is -0.387 e. The van der Waals surface area contributed by atoms with E-state index in [9.17, 15) is 30.4 Å². The van der Waals surface area contributed by atoms with Crippen LogP contribution in [0.1, 0.15) is 0 Å². The van der Waals surface area contributed by atoms with E-state index in [2.05, 4.69) is 22.5 Å². The molecule has 24 heteroatoms. The topological polar surface area (TPSA) is 299 Å². The molecule has 0 radical (unpaired) electrons. The first-order chi connectivity index (χ1) is 13.4. The van der Waals surface area contributed by atoms with Crippen LogP contribution in [0.15, 0.2) is 0 Å². The summed E-state index contributed by atoms with van der Waals surface area (Å²) in [6, 6.07) is 0. The summed E-state index contributed by atoms with van der Waals surface area (Å²) in [7, 11) is -20.1. The van der Waals surface area contributed by atoms with Crippen molar-refractivity contribution >= 4 is 49.4 Å². The molecule has 1 fully saturated rings. The Balaban J connectivity index is 3.66. The van der Waals surface area contributed by atoms with Crippen molar-refractivity contribution in [3.63, 3.8) is 0 Å². The highest BCUT2D eigenvalue weighted by Gasteiger charge is 2.58. The molecule has 1 rings (SSSR count). The van der Waals surface area contributed by atoms with E-state index >= 15 is 0 Å². The number of aliphatic hydroxyl groups excluding tert-OH is 1. The van der Waals surface area contributed by atoms with Crippen molar-refractivity contribution in [1.82, 2.24) is 0 Å². The lowest BCUT2D eigenvalue weighted by Gasteiger charge is -2.44. The third kappa shape index (κ3) is 9.23. The van der Waals surface area contributed by atoms with Crippen LogP contribution < -0.4 is 0 Å². The average molecular weight is 548 g/mol. The van der Waals surface area contributed by atoms with Crippen molar-refractivity contribution in [2.45, 2.75) is 36.6 Å². The van der Waals surface area contributed by atoms with Gasteiger partial charge in [0.15, 0.2) is 6.10 Å². The second kappa shape index (κ2) is 10.7. The standard InChI is InChI=1S/C6H13O19PS4/c7-1-2(20-25-8)5(23-29(14,15)16)6(24-30(17,18)19)4(21-26-27(9)10)3(1)22-28(11,12)13/h1-10H,(H,11,12,13)(H,14,15,16)(H,17,18,19)/t1-,2-,3+,4-,5-,6+/m1/s1. The zero-order chi connectivity index (χ0) is 23.5. The molecule has 180 valence electrons. The van der Waals surface area contributed by atoms with Crippen LogP contribution >= 0.6 is 7.58 Å². The average Bonchev–Trinajstić information content (AvgIpc) is 2.51. The molecule has 0 amide bonds. The lowest BCUT2D eigenvalue weighted by Crippen LogP contribution is -2.67. The number of hydrogen-bond acceptors (Lipinski definition) is 14. The Morgan fingerprint density at radius 1 is 0.700 bits per heavy atom. The molecule has 0 unspecified atom stereocenters. The lowest BCUT2D eigenvalue weighted by atomic mass is 9.85. The van der Waals surface area contributed by atoms with Gasteiger partial charge in [-0.15, -0.1) is 0 Å². The number of aliphatic hydroxyl groups is 1. The van der Waals surface area contributed by atoms with Gasteiger partial charge in [0, 0.05) is 0 Å². The Morgan fingerprint density at radius 3 is 1.47 bits per heavy atom. The summed E-state index contributed by atoms with van der Waals surface area (Å²) in [5.41, 5.74) is 0. The van der Waals surface area contributed by atoms with Crippen LogP contribution in [0.4, 0.5) is 0 Å². The molecule has 7 N–H and O–H groups in total. The highest BCUT2D eigenvalue weighted by molar-refractivity contribution is 8.12. The van der Waals surface area contributed by atoms with Gasteiger partial charge in [-0.1, -0.05) is 5.04 Å². The summed E-state index contributed by atoms with van der Waals surface area (Å²) in [5, 5.41) is 21.8. The second-order valence-corrected chi connectivity index (χ2v) is 10.4. The molecule has 1 aliphatic rings. The van der Waals surface area contributed by atoms with E-state index in [-0.39, 0.29) is 0 Å². The predicted octanol–water partition coefficient (Wildman–Crippen LogP) is -2.56. The number of hydrogen-bond donors (Lipinski definition) is 7. The van der Waals surface area contributed by atoms with Crippen LogP contribution in [0, 0.1) is 0 Å². The molecule has 19 nitrogen and oxygen atoms in total. The molecular weight excluding hydrogens is 535 g/mol. The summed E-state index contributed by atoms with van der Waals surface area (Å²) < 4.78 is 128. The van der Waals surface area contributed by atoms with Gasteiger partial charge in [0.2, 0.25) is 0 Å². The maximum atomic E-state index is 11.2. The van der Waals surface area contributed by atoms with Gasteiger partial charge >= 0.3 is 31.2 Å². The molecule has 0 saturated heterocycles. The second-order valence-electron chi connectivity index (χ2n) is 4.98. The van der Waals surface area contributed by atoms with Gasteiger partial charge in [0.25, 0.3) is 0 Å². The van der Waals surface area contributed by atoms with Gasteiger partial charge < -0.3 is 18.7 Å². The highest BCUT2D eigenvalue weighted by atomic mass is 32.5. The molecule has 1 aliphatic carbocycles. The first-order valence-corrected chi connectivity index (χ1v) is 13.2. The molecule has 0 aromatic heterocycles. The van der Waals surface area contributed by atoms with Crippen LogP contribution in [0.25, 0.3) is 0 Å². The SMILES string of the molecule is O=S(=O)(O)O[C@@H]1[C@H](OS(=O)(=O)O)[C@H](OOO)[C@@H](O)[C@H](OS(=O)(=O)O)[C@H]1OP=S(O)O. The molecule has 1 saturated carbocycles. The minimum absolute atomic E-state index is 0.895. The first kappa shape index (κ1) is 28.0. The molecule has 30 heavy (non-hydrogen) atoms. The summed E-state index contributed by atoms with van der Waals surface area (Å²) in [4.78, 5) is 4.05. The smallest absolute Gasteiger partial charge is 0.387 e. The Bertz CT molecular complexity index is 920. The van der Waals surface area contributed by atoms with Gasteiger partial charge in [-0.3, -0.25) is 13.7 Å². The van der Waals surface area contributed by atoms with E-state index < -0.39 is 86.0 Å². The van der Waals surface area contributed by atoms with Crippen LogP contribution in [-0.4, -0.2) is 95.0 Å². The Labute approximate surface area is 171 Å². The van der Waals surface area contributed by atoms with Crippen molar-refractivity contribution in [3.05, 3.63) is 0 Å². The molecule has 6 atom stereocenters. The van der Waals surface area contributed by atoms with Gasteiger partial charge in [0.05, 0.1) is 0 Å². The molecular formula is C6H13O19PS4. The maximum absolute atomic E-state index is 11.2. The van der Waals surface area contributed by atoms with Crippen LogP contribution in [0.3, 0.4) is 0 Å². The van der Waals surface area contributed by atoms with Gasteiger partial charge in [-0.2, -0.15) is 30.1 Å². The van der Waals surface area contributed by atoms with Crippen molar-refractivity contribution in [2.24, 2.45) is 0 Å². The third-order valence-corrected chi connectivity index (χ3v) is 5.57. The Hall–Kier alpha value is -0.0200. The normalized spacial score (nSPS) is 31.3. The fourth-order valence-electron chi connectivity index (χ4n) is 2.26.